The van der Waals surface area contributed by atoms with Crippen molar-refractivity contribution in [1.29, 1.82) is 0 Å². The third kappa shape index (κ3) is 2.41. The first kappa shape index (κ1) is 10.3. The molecule has 0 spiro atoms. The second-order valence-corrected chi connectivity index (χ2v) is 2.89. The minimum absolute atomic E-state index is 0.0408. The molecule has 8 heteroatoms. The monoisotopic (exact) mass is 224 g/mol. The van der Waals surface area contributed by atoms with Crippen molar-refractivity contribution in [2.24, 2.45) is 0 Å². The standard InChI is InChI=1S/C8H9FN6O/c9-6-3-12-8(14-7(6)10)16-2-1-15-5-11-4-13-15/h3-5H,1-2H2,(H2,10,12,14). The number of rotatable bonds is 4. The molecule has 0 saturated carbocycles. The molecule has 0 aliphatic rings. The van der Waals surface area contributed by atoms with Gasteiger partial charge in [0, 0.05) is 0 Å². The molecule has 7 nitrogen and oxygen atoms in total. The fourth-order valence-corrected chi connectivity index (χ4v) is 1.01. The number of nitrogen functional groups attached to an aromatic ring is 1. The molecule has 2 N–H and O–H groups in total. The Balaban J connectivity index is 1.87. The van der Waals surface area contributed by atoms with E-state index < -0.39 is 5.82 Å². The van der Waals surface area contributed by atoms with Crippen molar-refractivity contribution in [2.45, 2.75) is 6.54 Å². The molecule has 0 saturated heterocycles. The number of ether oxygens (including phenoxy) is 1. The zero-order valence-electron chi connectivity index (χ0n) is 8.25. The molecule has 0 aliphatic heterocycles. The van der Waals surface area contributed by atoms with Gasteiger partial charge in [-0.3, -0.25) is 0 Å². The lowest BCUT2D eigenvalue weighted by atomic mass is 10.6. The number of aromatic nitrogens is 5. The van der Waals surface area contributed by atoms with Gasteiger partial charge in [0.25, 0.3) is 0 Å². The Morgan fingerprint density at radius 2 is 2.38 bits per heavy atom. The second-order valence-electron chi connectivity index (χ2n) is 2.89. The Labute approximate surface area is 90.1 Å². The van der Waals surface area contributed by atoms with Crippen LogP contribution in [0.5, 0.6) is 6.01 Å². The summed E-state index contributed by atoms with van der Waals surface area (Å²) in [5.41, 5.74) is 5.25. The predicted octanol–water partition coefficient (Wildman–Crippen LogP) is -0.132. The summed E-state index contributed by atoms with van der Waals surface area (Å²) < 4.78 is 19.5. The summed E-state index contributed by atoms with van der Waals surface area (Å²) >= 11 is 0. The molecule has 0 bridgehead atoms. The van der Waals surface area contributed by atoms with Crippen molar-refractivity contribution in [3.8, 4) is 6.01 Å². The van der Waals surface area contributed by atoms with Crippen LogP contribution in [0.2, 0.25) is 0 Å². The van der Waals surface area contributed by atoms with Crippen molar-refractivity contribution in [1.82, 2.24) is 24.7 Å². The van der Waals surface area contributed by atoms with Gasteiger partial charge < -0.3 is 10.5 Å². The Morgan fingerprint density at radius 3 is 3.06 bits per heavy atom. The highest BCUT2D eigenvalue weighted by Crippen LogP contribution is 2.08. The van der Waals surface area contributed by atoms with E-state index in [-0.39, 0.29) is 11.8 Å². The van der Waals surface area contributed by atoms with E-state index in [4.69, 9.17) is 10.5 Å². The van der Waals surface area contributed by atoms with Crippen LogP contribution in [0.1, 0.15) is 0 Å². The summed E-state index contributed by atoms with van der Waals surface area (Å²) in [7, 11) is 0. The number of halogens is 1. The molecule has 0 unspecified atom stereocenters. The Morgan fingerprint density at radius 1 is 1.50 bits per heavy atom. The van der Waals surface area contributed by atoms with Crippen LogP contribution in [0.4, 0.5) is 10.2 Å². The summed E-state index contributed by atoms with van der Waals surface area (Å²) in [5.74, 6) is -0.894. The fourth-order valence-electron chi connectivity index (χ4n) is 1.01. The van der Waals surface area contributed by atoms with Crippen LogP contribution in [0, 0.1) is 5.82 Å². The van der Waals surface area contributed by atoms with Crippen LogP contribution in [0.3, 0.4) is 0 Å². The molecule has 0 amide bonds. The summed E-state index contributed by atoms with van der Waals surface area (Å²) in [5, 5.41) is 3.88. The summed E-state index contributed by atoms with van der Waals surface area (Å²) in [6.07, 6.45) is 3.95. The first-order chi connectivity index (χ1) is 7.75. The molecule has 2 aromatic heterocycles. The maximum Gasteiger partial charge on any atom is 0.318 e. The predicted molar refractivity (Wildman–Crippen MR) is 51.9 cm³/mol. The zero-order chi connectivity index (χ0) is 11.4. The average Bonchev–Trinajstić information content (AvgIpc) is 2.76. The van der Waals surface area contributed by atoms with Gasteiger partial charge in [-0.25, -0.2) is 19.0 Å². The number of anilines is 1. The third-order valence-electron chi connectivity index (χ3n) is 1.77. The van der Waals surface area contributed by atoms with Crippen LogP contribution in [0.15, 0.2) is 18.9 Å². The van der Waals surface area contributed by atoms with E-state index in [2.05, 4.69) is 20.1 Å². The fraction of sp³-hybridized carbons (Fsp3) is 0.250. The van der Waals surface area contributed by atoms with Gasteiger partial charge in [0.1, 0.15) is 19.3 Å². The van der Waals surface area contributed by atoms with Gasteiger partial charge in [0.15, 0.2) is 11.6 Å². The highest BCUT2D eigenvalue weighted by molar-refractivity contribution is 5.28. The smallest absolute Gasteiger partial charge is 0.318 e. The highest BCUT2D eigenvalue weighted by atomic mass is 19.1. The first-order valence-electron chi connectivity index (χ1n) is 4.49. The normalized spacial score (nSPS) is 10.3. The minimum Gasteiger partial charge on any atom is -0.461 e. The second kappa shape index (κ2) is 4.51. The molecule has 0 fully saturated rings. The van der Waals surface area contributed by atoms with E-state index >= 15 is 0 Å². The molecule has 2 heterocycles. The number of nitrogens with two attached hydrogens (primary N) is 1. The van der Waals surface area contributed by atoms with E-state index in [1.54, 1.807) is 11.0 Å². The van der Waals surface area contributed by atoms with Gasteiger partial charge in [-0.15, -0.1) is 0 Å². The van der Waals surface area contributed by atoms with Gasteiger partial charge in [0.2, 0.25) is 0 Å². The van der Waals surface area contributed by atoms with Crippen LogP contribution in [0.25, 0.3) is 0 Å². The zero-order valence-corrected chi connectivity index (χ0v) is 8.25. The van der Waals surface area contributed by atoms with Crippen molar-refractivity contribution in [3.63, 3.8) is 0 Å². The van der Waals surface area contributed by atoms with E-state index in [9.17, 15) is 4.39 Å². The Kier molecular flexibility index (Phi) is 2.90. The lowest BCUT2D eigenvalue weighted by Gasteiger charge is -2.04. The van der Waals surface area contributed by atoms with E-state index in [0.29, 0.717) is 13.2 Å². The van der Waals surface area contributed by atoms with E-state index in [0.717, 1.165) is 6.20 Å². The summed E-state index contributed by atoms with van der Waals surface area (Å²) in [4.78, 5) is 11.0. The van der Waals surface area contributed by atoms with Crippen molar-refractivity contribution in [2.75, 3.05) is 12.3 Å². The quantitative estimate of drug-likeness (QED) is 0.777. The third-order valence-corrected chi connectivity index (χ3v) is 1.77. The molecule has 2 rings (SSSR count). The number of hydrogen-bond donors (Lipinski definition) is 1. The van der Waals surface area contributed by atoms with Crippen molar-refractivity contribution in [3.05, 3.63) is 24.7 Å². The maximum absolute atomic E-state index is 12.7. The molecule has 0 atom stereocenters. The van der Waals surface area contributed by atoms with Crippen LogP contribution >= 0.6 is 0 Å². The topological polar surface area (TPSA) is 91.7 Å². The van der Waals surface area contributed by atoms with Gasteiger partial charge >= 0.3 is 6.01 Å². The summed E-state index contributed by atoms with van der Waals surface area (Å²) in [6.45, 7) is 0.801. The lowest BCUT2D eigenvalue weighted by molar-refractivity contribution is 0.269. The molecule has 0 radical (unpaired) electrons. The molecular weight excluding hydrogens is 215 g/mol. The first-order valence-corrected chi connectivity index (χ1v) is 4.49. The number of nitrogens with zero attached hydrogens (tertiary/aromatic N) is 5. The average molecular weight is 224 g/mol. The van der Waals surface area contributed by atoms with Gasteiger partial charge in [-0.1, -0.05) is 0 Å². The van der Waals surface area contributed by atoms with E-state index in [1.807, 2.05) is 0 Å². The van der Waals surface area contributed by atoms with Crippen molar-refractivity contribution >= 4 is 5.82 Å². The molecule has 16 heavy (non-hydrogen) atoms. The SMILES string of the molecule is Nc1nc(OCCn2cncn2)ncc1F. The Hall–Kier alpha value is -2.25. The molecule has 84 valence electrons. The summed E-state index contributed by atoms with van der Waals surface area (Å²) in [6, 6.07) is 0.0408. The van der Waals surface area contributed by atoms with Gasteiger partial charge in [0.05, 0.1) is 12.7 Å². The van der Waals surface area contributed by atoms with Gasteiger partial charge in [-0.2, -0.15) is 10.1 Å². The molecule has 0 aliphatic carbocycles. The molecule has 2 aromatic rings. The van der Waals surface area contributed by atoms with E-state index in [1.165, 1.54) is 6.33 Å². The number of hydrogen-bond acceptors (Lipinski definition) is 6. The minimum atomic E-state index is -0.663. The van der Waals surface area contributed by atoms with Crippen LogP contribution in [-0.2, 0) is 6.54 Å². The maximum atomic E-state index is 12.7. The van der Waals surface area contributed by atoms with Crippen molar-refractivity contribution < 1.29 is 9.13 Å². The van der Waals surface area contributed by atoms with Gasteiger partial charge in [-0.05, 0) is 0 Å². The van der Waals surface area contributed by atoms with Crippen LogP contribution < -0.4 is 10.5 Å². The molecule has 0 aromatic carbocycles. The van der Waals surface area contributed by atoms with Crippen LogP contribution in [-0.4, -0.2) is 31.3 Å². The molecular formula is C8H9FN6O. The largest absolute Gasteiger partial charge is 0.461 e. The highest BCUT2D eigenvalue weighted by Gasteiger charge is 2.03. The Bertz CT molecular complexity index is 460. The lowest BCUT2D eigenvalue weighted by Crippen LogP contribution is -2.10.